The maximum absolute atomic E-state index is 12.6. The Bertz CT molecular complexity index is 765. The molecular formula is C21H23NO3. The summed E-state index contributed by atoms with van der Waals surface area (Å²) in [5.41, 5.74) is 2.94. The van der Waals surface area contributed by atoms with Crippen LogP contribution in [0.5, 0.6) is 5.75 Å². The minimum Gasteiger partial charge on any atom is -0.497 e. The second-order valence-electron chi connectivity index (χ2n) is 6.42. The van der Waals surface area contributed by atoms with E-state index >= 15 is 0 Å². The van der Waals surface area contributed by atoms with E-state index in [4.69, 9.17) is 4.74 Å². The van der Waals surface area contributed by atoms with Crippen LogP contribution in [0.15, 0.2) is 60.2 Å². The van der Waals surface area contributed by atoms with Crippen LogP contribution >= 0.6 is 0 Å². The predicted octanol–water partition coefficient (Wildman–Crippen LogP) is 3.51. The van der Waals surface area contributed by atoms with Gasteiger partial charge in [-0.25, -0.2) is 0 Å². The van der Waals surface area contributed by atoms with Crippen LogP contribution in [0.4, 0.5) is 5.69 Å². The lowest BCUT2D eigenvalue weighted by atomic mass is 9.78. The van der Waals surface area contributed by atoms with Gasteiger partial charge in [-0.2, -0.15) is 0 Å². The molecule has 0 bridgehead atoms. The van der Waals surface area contributed by atoms with Crippen LogP contribution < -0.4 is 9.64 Å². The van der Waals surface area contributed by atoms with E-state index < -0.39 is 12.0 Å². The first-order chi connectivity index (χ1) is 12.0. The molecule has 4 heteroatoms. The van der Waals surface area contributed by atoms with Gasteiger partial charge in [-0.1, -0.05) is 36.4 Å². The van der Waals surface area contributed by atoms with Crippen LogP contribution in [0.2, 0.25) is 0 Å². The number of carbonyl (C=O) groups is 1. The maximum atomic E-state index is 12.6. The molecule has 1 fully saturated rings. The molecule has 2 aromatic rings. The zero-order chi connectivity index (χ0) is 18.0. The third-order valence-corrected chi connectivity index (χ3v) is 4.67. The van der Waals surface area contributed by atoms with Gasteiger partial charge in [-0.15, -0.1) is 0 Å². The number of ether oxygens (including phenoxy) is 1. The molecule has 0 radical (unpaired) electrons. The molecule has 0 saturated carbocycles. The van der Waals surface area contributed by atoms with Crippen molar-refractivity contribution in [3.8, 4) is 5.75 Å². The topological polar surface area (TPSA) is 49.8 Å². The smallest absolute Gasteiger partial charge is 0.235 e. The summed E-state index contributed by atoms with van der Waals surface area (Å²) in [6.45, 7) is 3.69. The highest BCUT2D eigenvalue weighted by molar-refractivity contribution is 6.04. The van der Waals surface area contributed by atoms with E-state index in [1.807, 2.05) is 61.5 Å². The summed E-state index contributed by atoms with van der Waals surface area (Å²) in [4.78, 5) is 14.4. The summed E-state index contributed by atoms with van der Waals surface area (Å²) in [6, 6.07) is 17.3. The van der Waals surface area contributed by atoms with Gasteiger partial charge in [0.05, 0.1) is 25.2 Å². The van der Waals surface area contributed by atoms with Crippen molar-refractivity contribution in [2.24, 2.45) is 5.92 Å². The molecule has 1 amide bonds. The molecule has 4 nitrogen and oxygen atoms in total. The predicted molar refractivity (Wildman–Crippen MR) is 99.5 cm³/mol. The number of amides is 1. The third kappa shape index (κ3) is 3.30. The molecule has 1 unspecified atom stereocenters. The van der Waals surface area contributed by atoms with E-state index in [0.29, 0.717) is 0 Å². The summed E-state index contributed by atoms with van der Waals surface area (Å²) in [5, 5.41) is 10.1. The van der Waals surface area contributed by atoms with Crippen LogP contribution in [0.25, 0.3) is 6.08 Å². The van der Waals surface area contributed by atoms with E-state index in [1.54, 1.807) is 18.9 Å². The first-order valence-corrected chi connectivity index (χ1v) is 8.41. The van der Waals surface area contributed by atoms with Crippen molar-refractivity contribution in [2.75, 3.05) is 12.0 Å². The van der Waals surface area contributed by atoms with Gasteiger partial charge in [-0.05, 0) is 49.2 Å². The van der Waals surface area contributed by atoms with Crippen molar-refractivity contribution >= 4 is 17.7 Å². The summed E-state index contributed by atoms with van der Waals surface area (Å²) in [6.07, 6.45) is 1.38. The van der Waals surface area contributed by atoms with E-state index in [-0.39, 0.29) is 11.9 Å². The highest BCUT2D eigenvalue weighted by Gasteiger charge is 2.50. The molecule has 1 saturated heterocycles. The number of anilines is 1. The first kappa shape index (κ1) is 17.2. The minimum absolute atomic E-state index is 0.0500. The van der Waals surface area contributed by atoms with Crippen LogP contribution in [-0.2, 0) is 4.79 Å². The molecule has 1 aliphatic heterocycles. The second kappa shape index (κ2) is 7.11. The molecule has 0 spiro atoms. The van der Waals surface area contributed by atoms with Crippen molar-refractivity contribution in [1.29, 1.82) is 0 Å². The number of β-lactam (4-membered cyclic amide) rings is 1. The summed E-state index contributed by atoms with van der Waals surface area (Å²) in [7, 11) is 1.61. The largest absolute Gasteiger partial charge is 0.497 e. The highest BCUT2D eigenvalue weighted by atomic mass is 16.5. The average Bonchev–Trinajstić information content (AvgIpc) is 2.60. The van der Waals surface area contributed by atoms with Crippen LogP contribution in [0, 0.1) is 5.92 Å². The quantitative estimate of drug-likeness (QED) is 0.850. The average molecular weight is 337 g/mol. The van der Waals surface area contributed by atoms with Gasteiger partial charge in [0.25, 0.3) is 0 Å². The number of carbonyl (C=O) groups excluding carboxylic acids is 1. The monoisotopic (exact) mass is 337 g/mol. The summed E-state index contributed by atoms with van der Waals surface area (Å²) >= 11 is 0. The fraction of sp³-hybridized carbons (Fsp3) is 0.286. The van der Waals surface area contributed by atoms with Gasteiger partial charge in [0.1, 0.15) is 5.75 Å². The van der Waals surface area contributed by atoms with Crippen molar-refractivity contribution in [2.45, 2.75) is 26.0 Å². The van der Waals surface area contributed by atoms with Crippen LogP contribution in [0.3, 0.4) is 0 Å². The van der Waals surface area contributed by atoms with Gasteiger partial charge < -0.3 is 14.7 Å². The number of methoxy groups -OCH3 is 1. The lowest BCUT2D eigenvalue weighted by Crippen LogP contribution is -2.65. The number of aliphatic hydroxyl groups excluding tert-OH is 1. The Morgan fingerprint density at radius 1 is 1.16 bits per heavy atom. The Kier molecular flexibility index (Phi) is 4.91. The molecule has 25 heavy (non-hydrogen) atoms. The minimum atomic E-state index is -0.689. The van der Waals surface area contributed by atoms with Gasteiger partial charge in [0, 0.05) is 5.69 Å². The number of benzene rings is 2. The molecule has 0 aliphatic carbocycles. The fourth-order valence-electron chi connectivity index (χ4n) is 3.40. The van der Waals surface area contributed by atoms with Crippen LogP contribution in [-0.4, -0.2) is 30.3 Å². The van der Waals surface area contributed by atoms with Gasteiger partial charge >= 0.3 is 0 Å². The Labute approximate surface area is 148 Å². The summed E-state index contributed by atoms with van der Waals surface area (Å²) in [5.74, 6) is 0.282. The highest BCUT2D eigenvalue weighted by Crippen LogP contribution is 2.39. The zero-order valence-corrected chi connectivity index (χ0v) is 14.7. The third-order valence-electron chi connectivity index (χ3n) is 4.67. The lowest BCUT2D eigenvalue weighted by molar-refractivity contribution is -0.133. The number of nitrogens with zero attached hydrogens (tertiary/aromatic N) is 1. The normalized spacial score (nSPS) is 21.7. The van der Waals surface area contributed by atoms with E-state index in [9.17, 15) is 9.90 Å². The van der Waals surface area contributed by atoms with E-state index in [0.717, 1.165) is 22.6 Å². The number of hydrogen-bond acceptors (Lipinski definition) is 3. The molecule has 1 N–H and O–H groups in total. The van der Waals surface area contributed by atoms with E-state index in [1.165, 1.54) is 0 Å². The maximum Gasteiger partial charge on any atom is 0.235 e. The summed E-state index contributed by atoms with van der Waals surface area (Å²) < 4.78 is 5.19. The zero-order valence-electron chi connectivity index (χ0n) is 14.7. The molecule has 1 heterocycles. The fourth-order valence-corrected chi connectivity index (χ4v) is 3.40. The molecule has 1 aliphatic rings. The van der Waals surface area contributed by atoms with Crippen molar-refractivity contribution in [3.05, 3.63) is 65.7 Å². The number of hydrogen-bond donors (Lipinski definition) is 1. The van der Waals surface area contributed by atoms with Gasteiger partial charge in [0.2, 0.25) is 5.91 Å². The SMILES string of the molecule is COc1ccc(N2C(=O)[C@H](C(C)O)[C@H]2/C(C)=C/c2ccccc2)cc1. The Morgan fingerprint density at radius 2 is 1.80 bits per heavy atom. The Morgan fingerprint density at radius 3 is 2.36 bits per heavy atom. The number of aliphatic hydroxyl groups is 1. The molecule has 3 atom stereocenters. The molecule has 130 valence electrons. The van der Waals surface area contributed by atoms with Gasteiger partial charge in [0.15, 0.2) is 0 Å². The Hall–Kier alpha value is -2.59. The first-order valence-electron chi connectivity index (χ1n) is 8.41. The van der Waals surface area contributed by atoms with Gasteiger partial charge in [-0.3, -0.25) is 4.79 Å². The second-order valence-corrected chi connectivity index (χ2v) is 6.42. The Balaban J connectivity index is 1.93. The van der Waals surface area contributed by atoms with E-state index in [2.05, 4.69) is 6.08 Å². The molecule has 3 rings (SSSR count). The van der Waals surface area contributed by atoms with Crippen molar-refractivity contribution in [3.63, 3.8) is 0 Å². The molecular weight excluding hydrogens is 314 g/mol. The number of rotatable bonds is 5. The lowest BCUT2D eigenvalue weighted by Gasteiger charge is -2.49. The molecule has 0 aromatic heterocycles. The van der Waals surface area contributed by atoms with Crippen molar-refractivity contribution < 1.29 is 14.6 Å². The molecule has 2 aromatic carbocycles. The standard InChI is InChI=1S/C21H23NO3/c1-14(13-16-7-5-4-6-8-16)20-19(15(2)23)21(24)22(20)17-9-11-18(25-3)12-10-17/h4-13,15,19-20,23H,1-3H3/b14-13+/t15?,19-,20-/m1/s1. The van der Waals surface area contributed by atoms with Crippen LogP contribution in [0.1, 0.15) is 19.4 Å². The van der Waals surface area contributed by atoms with Crippen molar-refractivity contribution in [1.82, 2.24) is 0 Å².